The number of nitrogens with two attached hydrogens (primary N) is 2. The highest BCUT2D eigenvalue weighted by Gasteiger charge is 2.58. The van der Waals surface area contributed by atoms with Gasteiger partial charge >= 0.3 is 28.3 Å². The Kier molecular flexibility index (Phi) is 16.7. The van der Waals surface area contributed by atoms with E-state index < -0.39 is 195 Å². The Labute approximate surface area is 352 Å². The van der Waals surface area contributed by atoms with Gasteiger partial charge in [0.05, 0.1) is 25.3 Å². The Morgan fingerprint density at radius 3 is 1.25 bits per heavy atom. The molecule has 5 heterocycles. The van der Waals surface area contributed by atoms with Crippen molar-refractivity contribution in [2.45, 2.75) is 153 Å². The molecular weight excluding hydrogens is 900 g/mol. The van der Waals surface area contributed by atoms with Crippen molar-refractivity contribution in [3.8, 4) is 0 Å². The molecule has 0 aromatic heterocycles. The fourth-order valence-electron chi connectivity index (χ4n) is 7.28. The summed E-state index contributed by atoms with van der Waals surface area (Å²) in [6, 6.07) is -3.71. The molecule has 5 aliphatic rings. The van der Waals surface area contributed by atoms with Crippen LogP contribution in [0.15, 0.2) is 0 Å². The Morgan fingerprint density at radius 1 is 0.460 bits per heavy atom. The first kappa shape index (κ1) is 51.4. The maximum atomic E-state index is 12.4. The standard InChI is InChI=1S/C30H48N2O30S/c31-5-7(35)15(56-29-12(40)9(37)10(38)19(60-29)23(43)44)3(1-33)53-27(5)58-17-11(39)13(41)30(61-22(17)25(47)48)57-16-4(2-34)54-28(6(32)8(16)36)59-18-14(42)20(62-63(50,51)52)26(49)55-21(18)24(45)46/h3-22,26-30,33-42,49H,1-2,31-32H2,(H,43,44)(H,45,46)(H,47,48)(H,50,51,52)/t3-,4-,5-,6-,7-,8-,9+,10+,11-,12-,13-,14+,15-,16-,17+,18+,19-,20-,21-,22-,26-,27+,28-,29-,30-/m1/s1. The summed E-state index contributed by atoms with van der Waals surface area (Å²) in [5, 5.41) is 145. The second kappa shape index (κ2) is 20.5. The molecule has 5 aliphatic heterocycles. The first-order valence-corrected chi connectivity index (χ1v) is 19.8. The number of ether oxygens (including phenoxy) is 9. The predicted octanol–water partition coefficient (Wildman–Crippen LogP) is -11.9. The minimum atomic E-state index is -5.41. The molecule has 63 heavy (non-hydrogen) atoms. The van der Waals surface area contributed by atoms with Gasteiger partial charge in [0.1, 0.15) is 85.5 Å². The van der Waals surface area contributed by atoms with Crippen LogP contribution in [0.25, 0.3) is 0 Å². The monoisotopic (exact) mass is 948 g/mol. The van der Waals surface area contributed by atoms with Crippen LogP contribution in [-0.2, 0) is 71.6 Å². The summed E-state index contributed by atoms with van der Waals surface area (Å²) in [7, 11) is -5.41. The molecular formula is C30H48N2O30S. The van der Waals surface area contributed by atoms with Crippen LogP contribution < -0.4 is 11.5 Å². The molecule has 5 saturated heterocycles. The molecule has 0 radical (unpaired) electrons. The summed E-state index contributed by atoms with van der Waals surface area (Å²) in [5.74, 6) is -5.59. The Bertz CT molecular complexity index is 1700. The topological polar surface area (TPSA) is 533 Å². The third kappa shape index (κ3) is 10.8. The number of aliphatic hydroxyl groups excluding tert-OH is 11. The van der Waals surface area contributed by atoms with Crippen LogP contribution in [0.2, 0.25) is 0 Å². The molecule has 0 spiro atoms. The van der Waals surface area contributed by atoms with E-state index in [4.69, 9.17) is 58.7 Å². The van der Waals surface area contributed by atoms with E-state index in [-0.39, 0.29) is 0 Å². The van der Waals surface area contributed by atoms with Crippen molar-refractivity contribution in [3.05, 3.63) is 0 Å². The molecule has 19 N–H and O–H groups in total. The second-order valence-electron chi connectivity index (χ2n) is 14.7. The summed E-state index contributed by atoms with van der Waals surface area (Å²) >= 11 is 0. The third-order valence-electron chi connectivity index (χ3n) is 10.6. The van der Waals surface area contributed by atoms with E-state index in [1.165, 1.54) is 0 Å². The Morgan fingerprint density at radius 2 is 0.841 bits per heavy atom. The molecule has 5 rings (SSSR count). The fraction of sp³-hybridized carbons (Fsp3) is 0.900. The molecule has 0 aromatic carbocycles. The van der Waals surface area contributed by atoms with Crippen molar-refractivity contribution < 1.29 is 146 Å². The first-order chi connectivity index (χ1) is 29.3. The largest absolute Gasteiger partial charge is 0.479 e. The zero-order valence-electron chi connectivity index (χ0n) is 31.7. The van der Waals surface area contributed by atoms with Gasteiger partial charge in [-0.15, -0.1) is 0 Å². The molecule has 0 aliphatic carbocycles. The van der Waals surface area contributed by atoms with Crippen molar-refractivity contribution in [3.63, 3.8) is 0 Å². The molecule has 0 saturated carbocycles. The number of aliphatic hydroxyl groups is 11. The lowest BCUT2D eigenvalue weighted by Gasteiger charge is -2.49. The highest BCUT2D eigenvalue weighted by molar-refractivity contribution is 7.80. The second-order valence-corrected chi connectivity index (χ2v) is 15.8. The third-order valence-corrected chi connectivity index (χ3v) is 11.0. The molecule has 5 fully saturated rings. The fourth-order valence-corrected chi connectivity index (χ4v) is 7.77. The van der Waals surface area contributed by atoms with Gasteiger partial charge in [-0.3, -0.25) is 4.55 Å². The van der Waals surface area contributed by atoms with Gasteiger partial charge in [0, 0.05) is 0 Å². The van der Waals surface area contributed by atoms with Crippen molar-refractivity contribution in [2.24, 2.45) is 11.5 Å². The highest BCUT2D eigenvalue weighted by Crippen LogP contribution is 2.35. The molecule has 0 bridgehead atoms. The van der Waals surface area contributed by atoms with Crippen LogP contribution in [0.5, 0.6) is 0 Å². The van der Waals surface area contributed by atoms with Crippen LogP contribution in [-0.4, -0.2) is 269 Å². The quantitative estimate of drug-likeness (QED) is 0.0678. The first-order valence-electron chi connectivity index (χ1n) is 18.4. The van der Waals surface area contributed by atoms with Gasteiger partial charge in [0.15, 0.2) is 55.9 Å². The van der Waals surface area contributed by atoms with E-state index in [2.05, 4.69) is 4.18 Å². The van der Waals surface area contributed by atoms with Gasteiger partial charge in [0.25, 0.3) is 0 Å². The normalized spacial score (nSPS) is 48.6. The van der Waals surface area contributed by atoms with Crippen molar-refractivity contribution in [2.75, 3.05) is 13.2 Å². The highest BCUT2D eigenvalue weighted by atomic mass is 32.3. The van der Waals surface area contributed by atoms with E-state index in [0.29, 0.717) is 0 Å². The van der Waals surface area contributed by atoms with E-state index in [9.17, 15) is 94.3 Å². The lowest BCUT2D eigenvalue weighted by molar-refractivity contribution is -0.374. The maximum Gasteiger partial charge on any atom is 0.397 e. The molecule has 0 unspecified atom stereocenters. The zero-order valence-corrected chi connectivity index (χ0v) is 32.6. The maximum absolute atomic E-state index is 12.4. The SMILES string of the molecule is N[C@H]1[C@H](O[C@H]2[C@H](O)[C@@H](O)[C@H](O[C@H]3[C@H](O)[C@@H](N)[C@@H](O[C@H]4[C@H](O)[C@@H](OS(=O)(=O)O)[C@H](O)O[C@H]4C(=O)O)O[C@@H]3CO)O[C@H]2C(=O)O)O[C@H](CO)[C@@H](O[C@@H]2O[C@@H](C(=O)O)[C@@H](O)[C@H](O)[C@H]2O)[C@@H]1O. The number of carboxylic acids is 3. The number of carboxylic acid groups (broad SMARTS) is 3. The zero-order chi connectivity index (χ0) is 47.2. The lowest BCUT2D eigenvalue weighted by atomic mass is 9.94. The van der Waals surface area contributed by atoms with E-state index in [0.717, 1.165) is 0 Å². The van der Waals surface area contributed by atoms with Crippen LogP contribution in [0.1, 0.15) is 0 Å². The summed E-state index contributed by atoms with van der Waals surface area (Å²) in [5.41, 5.74) is 12.1. The predicted molar refractivity (Wildman–Crippen MR) is 183 cm³/mol. The molecule has 32 nitrogen and oxygen atoms in total. The minimum Gasteiger partial charge on any atom is -0.479 e. The number of aliphatic carboxylic acids is 3. The molecule has 0 amide bonds. The van der Waals surface area contributed by atoms with Gasteiger partial charge in [-0.2, -0.15) is 8.42 Å². The van der Waals surface area contributed by atoms with Crippen molar-refractivity contribution in [1.29, 1.82) is 0 Å². The molecule has 0 aromatic rings. The van der Waals surface area contributed by atoms with E-state index in [1.807, 2.05) is 0 Å². The number of hydrogen-bond donors (Lipinski definition) is 17. The van der Waals surface area contributed by atoms with Crippen molar-refractivity contribution in [1.82, 2.24) is 0 Å². The van der Waals surface area contributed by atoms with Gasteiger partial charge < -0.3 is 126 Å². The summed E-state index contributed by atoms with van der Waals surface area (Å²) in [6.45, 7) is -2.18. The molecule has 25 atom stereocenters. The average molecular weight is 949 g/mol. The molecule has 33 heteroatoms. The minimum absolute atomic E-state index is 1.05. The van der Waals surface area contributed by atoms with Gasteiger partial charge in [0.2, 0.25) is 0 Å². The summed E-state index contributed by atoms with van der Waals surface area (Å²) in [6.07, 6.45) is -49.3. The lowest BCUT2D eigenvalue weighted by Crippen LogP contribution is -2.70. The van der Waals surface area contributed by atoms with Gasteiger partial charge in [-0.25, -0.2) is 18.6 Å². The van der Waals surface area contributed by atoms with Crippen LogP contribution in [0, 0.1) is 0 Å². The Hall–Kier alpha value is -2.60. The Balaban J connectivity index is 1.27. The average Bonchev–Trinajstić information content (AvgIpc) is 3.21. The van der Waals surface area contributed by atoms with Crippen molar-refractivity contribution >= 4 is 28.3 Å². The number of rotatable bonds is 15. The van der Waals surface area contributed by atoms with Crippen LogP contribution in [0.4, 0.5) is 0 Å². The number of carbonyl (C=O) groups is 3. The summed E-state index contributed by atoms with van der Waals surface area (Å²) in [4.78, 5) is 35.8. The summed E-state index contributed by atoms with van der Waals surface area (Å²) < 4.78 is 83.9. The van der Waals surface area contributed by atoms with Crippen LogP contribution in [0.3, 0.4) is 0 Å². The molecule has 364 valence electrons. The smallest absolute Gasteiger partial charge is 0.397 e. The number of hydrogen-bond acceptors (Lipinski definition) is 28. The van der Waals surface area contributed by atoms with Crippen LogP contribution >= 0.6 is 0 Å². The van der Waals surface area contributed by atoms with E-state index >= 15 is 0 Å². The van der Waals surface area contributed by atoms with E-state index in [1.54, 1.807) is 0 Å². The van der Waals surface area contributed by atoms with Gasteiger partial charge in [-0.05, 0) is 0 Å². The van der Waals surface area contributed by atoms with Gasteiger partial charge in [-0.1, -0.05) is 0 Å².